The number of aliphatic hydroxyl groups excluding tert-OH is 3. The first-order chi connectivity index (χ1) is 36.2. The smallest absolute Gasteiger partial charge is 0.188 e. The van der Waals surface area contributed by atoms with Gasteiger partial charge in [-0.2, -0.15) is 0 Å². The molecule has 12 unspecified atom stereocenters. The van der Waals surface area contributed by atoms with Crippen LogP contribution in [0.15, 0.2) is 53.5 Å². The Hall–Kier alpha value is -4.49. The Labute approximate surface area is 445 Å². The average molecular weight is 1030 g/mol. The van der Waals surface area contributed by atoms with E-state index in [1.54, 1.807) is 13.2 Å². The van der Waals surface area contributed by atoms with Crippen molar-refractivity contribution in [1.29, 1.82) is 0 Å². The molecule has 3 aromatic rings. The minimum absolute atomic E-state index is 0.00335. The Balaban J connectivity index is 1.01. The van der Waals surface area contributed by atoms with Crippen molar-refractivity contribution in [2.45, 2.75) is 185 Å². The number of hydrogen-bond donors (Lipinski definition) is 7. The lowest BCUT2D eigenvalue weighted by atomic mass is 9.56. The molecule has 12 atom stereocenters. The number of fused-ring (bicyclic) bond motifs is 2. The summed E-state index contributed by atoms with van der Waals surface area (Å²) >= 11 is 0. The molecule has 3 aromatic carbocycles. The summed E-state index contributed by atoms with van der Waals surface area (Å²) in [7, 11) is 1.72. The second-order valence-electron chi connectivity index (χ2n) is 25.3. The summed E-state index contributed by atoms with van der Waals surface area (Å²) in [5, 5.41) is 62.2. The fraction of sp³-hybridized carbons (Fsp3) is 0.667. The molecule has 0 radical (unpaired) electrons. The maximum atomic E-state index is 12.7. The first-order valence-corrected chi connectivity index (χ1v) is 29.3. The van der Waals surface area contributed by atoms with Crippen LogP contribution in [0, 0.1) is 46.3 Å². The molecular weight excluding hydrogens is 943 g/mol. The summed E-state index contributed by atoms with van der Waals surface area (Å²) in [6.45, 7) is 8.55. The number of rotatable bonds is 5. The van der Waals surface area contributed by atoms with Gasteiger partial charge in [-0.05, 0) is 195 Å². The number of aliphatic hydroxyl groups is 3. The van der Waals surface area contributed by atoms with Gasteiger partial charge in [0.15, 0.2) is 17.5 Å². The lowest BCUT2D eigenvalue weighted by Crippen LogP contribution is -2.52. The molecule has 4 fully saturated rings. The van der Waals surface area contributed by atoms with Gasteiger partial charge in [0.25, 0.3) is 0 Å². The zero-order valence-corrected chi connectivity index (χ0v) is 45.3. The topological polar surface area (TPSA) is 188 Å². The SMILES string of the molecule is CCC1CC2C=CC1CC(O)CC1(CCCC13CCOC1(CCCC1)C3)CN=C(N)NCCC1C(CO)CCCC1Oc1cc(ccc1O)C1Oc3cc(OC)c4c(c3CC1O)C2Cc1cc(O)c(CC(C)C)cc1-4. The molecule has 408 valence electrons. The third kappa shape index (κ3) is 9.94. The zero-order valence-electron chi connectivity index (χ0n) is 45.3. The van der Waals surface area contributed by atoms with Gasteiger partial charge in [0.1, 0.15) is 29.5 Å². The van der Waals surface area contributed by atoms with Gasteiger partial charge in [0, 0.05) is 55.8 Å². The van der Waals surface area contributed by atoms with E-state index in [0.717, 1.165) is 123 Å². The van der Waals surface area contributed by atoms with E-state index in [1.807, 2.05) is 24.3 Å². The molecule has 6 aliphatic heterocycles. The van der Waals surface area contributed by atoms with E-state index < -0.39 is 18.3 Å². The molecule has 14 rings (SSSR count). The summed E-state index contributed by atoms with van der Waals surface area (Å²) in [5.74, 6) is 3.49. The van der Waals surface area contributed by atoms with Crippen LogP contribution in [0.2, 0.25) is 0 Å². The molecule has 1 saturated heterocycles. The number of guanidine groups is 1. The van der Waals surface area contributed by atoms with Crippen molar-refractivity contribution in [2.75, 3.05) is 33.4 Å². The molecule has 12 heteroatoms. The number of aliphatic imine (C=N–C) groups is 1. The Kier molecular flexibility index (Phi) is 15.0. The number of aromatic hydroxyl groups is 2. The van der Waals surface area contributed by atoms with E-state index in [-0.39, 0.29) is 64.5 Å². The van der Waals surface area contributed by atoms with E-state index in [2.05, 4.69) is 44.3 Å². The molecule has 0 amide bonds. The number of benzene rings is 3. The lowest BCUT2D eigenvalue weighted by molar-refractivity contribution is -0.157. The summed E-state index contributed by atoms with van der Waals surface area (Å²) < 4.78 is 26.9. The number of phenols is 2. The lowest BCUT2D eigenvalue weighted by Gasteiger charge is -2.54. The van der Waals surface area contributed by atoms with E-state index in [4.69, 9.17) is 29.7 Å². The fourth-order valence-electron chi connectivity index (χ4n) is 16.9. The van der Waals surface area contributed by atoms with Gasteiger partial charge in [-0.15, -0.1) is 0 Å². The first-order valence-electron chi connectivity index (χ1n) is 29.3. The van der Waals surface area contributed by atoms with Gasteiger partial charge < -0.3 is 55.5 Å². The number of hydrogen-bond acceptors (Lipinski definition) is 12. The molecule has 12 nitrogen and oxygen atoms in total. The molecule has 75 heavy (non-hydrogen) atoms. The number of methoxy groups -OCH3 is 1. The van der Waals surface area contributed by atoms with Crippen molar-refractivity contribution >= 4 is 5.96 Å². The fourth-order valence-corrected chi connectivity index (χ4v) is 16.9. The van der Waals surface area contributed by atoms with Crippen molar-refractivity contribution in [2.24, 2.45) is 57.1 Å². The predicted octanol–water partition coefficient (Wildman–Crippen LogP) is 10.8. The van der Waals surface area contributed by atoms with Gasteiger partial charge in [-0.3, -0.25) is 4.99 Å². The Morgan fingerprint density at radius 2 is 1.67 bits per heavy atom. The molecule has 6 heterocycles. The van der Waals surface area contributed by atoms with Gasteiger partial charge in [0.2, 0.25) is 0 Å². The van der Waals surface area contributed by atoms with Crippen LogP contribution < -0.4 is 25.3 Å². The molecule has 5 aliphatic carbocycles. The van der Waals surface area contributed by atoms with Crippen LogP contribution in [0.3, 0.4) is 0 Å². The predicted molar refractivity (Wildman–Crippen MR) is 293 cm³/mol. The van der Waals surface area contributed by atoms with Crippen LogP contribution in [-0.4, -0.2) is 88.8 Å². The van der Waals surface area contributed by atoms with Crippen LogP contribution in [0.1, 0.15) is 170 Å². The summed E-state index contributed by atoms with van der Waals surface area (Å²) in [6.07, 6.45) is 20.6. The number of nitrogens with two attached hydrogens (primary N) is 1. The minimum atomic E-state index is -0.910. The van der Waals surface area contributed by atoms with Gasteiger partial charge >= 0.3 is 0 Å². The second kappa shape index (κ2) is 21.4. The van der Waals surface area contributed by atoms with Crippen LogP contribution >= 0.6 is 0 Å². The number of allylic oxidation sites excluding steroid dienone is 2. The van der Waals surface area contributed by atoms with Crippen molar-refractivity contribution in [1.82, 2.24) is 5.32 Å². The zero-order chi connectivity index (χ0) is 52.2. The summed E-state index contributed by atoms with van der Waals surface area (Å²) in [6, 6.07) is 11.4. The summed E-state index contributed by atoms with van der Waals surface area (Å²) in [4.78, 5) is 5.22. The summed E-state index contributed by atoms with van der Waals surface area (Å²) in [5.41, 5.74) is 13.5. The molecule has 0 aromatic heterocycles. The third-order valence-electron chi connectivity index (χ3n) is 20.6. The largest absolute Gasteiger partial charge is 0.508 e. The second-order valence-corrected chi connectivity index (χ2v) is 25.3. The quantitative estimate of drug-likeness (QED) is 0.121. The van der Waals surface area contributed by atoms with Gasteiger partial charge in [-0.25, -0.2) is 0 Å². The van der Waals surface area contributed by atoms with Crippen molar-refractivity contribution < 1.29 is 44.5 Å². The van der Waals surface area contributed by atoms with E-state index in [9.17, 15) is 25.5 Å². The first kappa shape index (κ1) is 52.6. The molecule has 8 N–H and O–H groups in total. The third-order valence-corrected chi connectivity index (χ3v) is 20.6. The van der Waals surface area contributed by atoms with Crippen molar-refractivity contribution in [3.05, 3.63) is 76.4 Å². The highest BCUT2D eigenvalue weighted by Crippen LogP contribution is 2.65. The van der Waals surface area contributed by atoms with Crippen LogP contribution in [0.5, 0.6) is 28.7 Å². The maximum Gasteiger partial charge on any atom is 0.188 e. The van der Waals surface area contributed by atoms with E-state index in [0.29, 0.717) is 91.6 Å². The van der Waals surface area contributed by atoms with Crippen LogP contribution in [-0.2, 0) is 24.0 Å². The van der Waals surface area contributed by atoms with Crippen LogP contribution in [0.25, 0.3) is 11.1 Å². The Bertz CT molecular complexity index is 2610. The molecule has 8 bridgehead atoms. The molecule has 3 saturated carbocycles. The highest BCUT2D eigenvalue weighted by molar-refractivity contribution is 5.84. The molecule has 3 spiro atoms. The number of ether oxygens (including phenoxy) is 4. The maximum absolute atomic E-state index is 12.7. The highest BCUT2D eigenvalue weighted by Gasteiger charge is 2.60. The van der Waals surface area contributed by atoms with E-state index in [1.165, 1.54) is 12.8 Å². The Morgan fingerprint density at radius 1 is 0.853 bits per heavy atom. The molecule has 11 aliphatic rings. The number of nitrogens with one attached hydrogen (secondary N) is 1. The Morgan fingerprint density at radius 3 is 2.45 bits per heavy atom. The number of phenolic OH excluding ortho intramolecular Hbond substituents is 2. The van der Waals surface area contributed by atoms with Gasteiger partial charge in [0.05, 0.1) is 24.9 Å². The average Bonchev–Trinajstić information content (AvgIpc) is 4.00. The van der Waals surface area contributed by atoms with E-state index >= 15 is 0 Å². The number of nitrogens with zero attached hydrogens (tertiary/aromatic N) is 1. The van der Waals surface area contributed by atoms with Gasteiger partial charge in [-0.1, -0.05) is 64.7 Å². The normalized spacial score (nSPS) is 34.4. The molecular formula is C63H87N3O9. The standard InChI is InChI=1S/C63H87N3O9/c1-5-38-25-40-13-12-39(38)26-45(68)33-62(18-9-17-61(62)21-23-73-63(35-61)19-6-7-20-63)36-66-60(64)65-22-16-46-42(34-67)10-8-11-53(46)74-55-30-41(14-15-50(55)69)59-52(71)31-49-54(75-59)32-56(72-4)58-48-28-44(24-37(2)3)51(70)29-43(48)27-47(40)57(49)58/h12-15,28-30,32,37-40,42,45-47,52-53,59,67-71H,5-11,16-27,31,33-36H2,1-4H3,(H3,64,65,66). The minimum Gasteiger partial charge on any atom is -0.508 e. The van der Waals surface area contributed by atoms with Crippen molar-refractivity contribution in [3.8, 4) is 39.9 Å². The monoisotopic (exact) mass is 1030 g/mol. The van der Waals surface area contributed by atoms with Crippen molar-refractivity contribution in [3.63, 3.8) is 0 Å². The highest BCUT2D eigenvalue weighted by atomic mass is 16.5. The van der Waals surface area contributed by atoms with Crippen LogP contribution in [0.4, 0.5) is 0 Å².